The number of thiazole rings is 1. The van der Waals surface area contributed by atoms with Crippen molar-refractivity contribution in [3.8, 4) is 22.4 Å². The van der Waals surface area contributed by atoms with Gasteiger partial charge in [-0.25, -0.2) is 9.19 Å². The Hall–Kier alpha value is -2.00. The standard InChI is InChI=1S/C17H14N4O4S2.Na.H/c1-9-2-7-12-15(14(9)25-27(23)24)26-17(21-12)10-3-5-11(6-4-10)20-13(8-18)16(19)22;;/h2-7,13,20H,1H3,(H2,19,22)(H,23,24);;/q;+1;-1/p-1. The van der Waals surface area contributed by atoms with Crippen molar-refractivity contribution < 1.29 is 48.7 Å². The summed E-state index contributed by atoms with van der Waals surface area (Å²) < 4.78 is 27.4. The molecular weight excluding hydrogens is 411 g/mol. The Balaban J connectivity index is 0.00000210. The van der Waals surface area contributed by atoms with Crippen molar-refractivity contribution in [3.63, 3.8) is 0 Å². The number of aromatic nitrogens is 1. The Morgan fingerprint density at radius 3 is 2.64 bits per heavy atom. The van der Waals surface area contributed by atoms with E-state index in [9.17, 15) is 13.6 Å². The summed E-state index contributed by atoms with van der Waals surface area (Å²) in [6.07, 6.45) is 0. The number of anilines is 1. The van der Waals surface area contributed by atoms with E-state index in [4.69, 9.17) is 15.2 Å². The molecule has 11 heteroatoms. The summed E-state index contributed by atoms with van der Waals surface area (Å²) in [5, 5.41) is 12.3. The van der Waals surface area contributed by atoms with Gasteiger partial charge in [0, 0.05) is 11.3 Å². The Labute approximate surface area is 191 Å². The Morgan fingerprint density at radius 1 is 1.39 bits per heavy atom. The maximum Gasteiger partial charge on any atom is 1.00 e. The van der Waals surface area contributed by atoms with Crippen molar-refractivity contribution in [1.29, 1.82) is 5.26 Å². The topological polar surface area (TPSA) is 141 Å². The molecule has 0 saturated heterocycles. The first kappa shape index (κ1) is 22.3. The van der Waals surface area contributed by atoms with E-state index >= 15 is 0 Å². The van der Waals surface area contributed by atoms with Crippen molar-refractivity contribution in [1.82, 2.24) is 4.98 Å². The summed E-state index contributed by atoms with van der Waals surface area (Å²) in [5.74, 6) is -0.493. The number of amides is 1. The second-order valence-electron chi connectivity index (χ2n) is 5.55. The van der Waals surface area contributed by atoms with Crippen LogP contribution in [0.15, 0.2) is 36.4 Å². The van der Waals surface area contributed by atoms with Gasteiger partial charge in [-0.2, -0.15) is 5.26 Å². The maximum atomic E-state index is 11.1. The minimum absolute atomic E-state index is 0. The molecule has 3 rings (SSSR count). The van der Waals surface area contributed by atoms with E-state index in [1.165, 1.54) is 11.3 Å². The van der Waals surface area contributed by atoms with E-state index in [0.717, 1.165) is 5.56 Å². The molecule has 3 aromatic rings. The Morgan fingerprint density at radius 2 is 2.07 bits per heavy atom. The number of nitrogens with zero attached hydrogens (tertiary/aromatic N) is 2. The Kier molecular flexibility index (Phi) is 7.54. The molecule has 3 N–H and O–H groups in total. The molecule has 2 unspecified atom stereocenters. The fourth-order valence-corrected chi connectivity index (χ4v) is 3.91. The van der Waals surface area contributed by atoms with E-state index in [0.29, 0.717) is 26.5 Å². The van der Waals surface area contributed by atoms with Crippen molar-refractivity contribution >= 4 is 44.5 Å². The zero-order valence-corrected chi connectivity index (χ0v) is 18.6. The van der Waals surface area contributed by atoms with Crippen LogP contribution in [0.1, 0.15) is 6.99 Å². The fraction of sp³-hybridized carbons (Fsp3) is 0.118. The fourth-order valence-electron chi connectivity index (χ4n) is 2.40. The van der Waals surface area contributed by atoms with Crippen molar-refractivity contribution in [2.45, 2.75) is 13.0 Å². The third-order valence-electron chi connectivity index (χ3n) is 3.72. The van der Waals surface area contributed by atoms with Gasteiger partial charge < -0.3 is 21.2 Å². The van der Waals surface area contributed by atoms with Crippen LogP contribution in [0.4, 0.5) is 5.69 Å². The van der Waals surface area contributed by atoms with Crippen LogP contribution in [-0.4, -0.2) is 25.7 Å². The van der Waals surface area contributed by atoms with Crippen LogP contribution in [0.2, 0.25) is 0 Å². The first-order valence-electron chi connectivity index (χ1n) is 7.62. The van der Waals surface area contributed by atoms with Crippen LogP contribution in [0.5, 0.6) is 5.75 Å². The smallest absolute Gasteiger partial charge is 1.00 e. The third kappa shape index (κ3) is 4.88. The summed E-state index contributed by atoms with van der Waals surface area (Å²) >= 11 is -1.37. The van der Waals surface area contributed by atoms with E-state index in [1.807, 2.05) is 0 Å². The zero-order chi connectivity index (χ0) is 19.6. The van der Waals surface area contributed by atoms with Crippen LogP contribution >= 0.6 is 11.3 Å². The summed E-state index contributed by atoms with van der Waals surface area (Å²) in [6, 6.07) is 11.1. The first-order valence-corrected chi connectivity index (χ1v) is 9.44. The van der Waals surface area contributed by atoms with Gasteiger partial charge in [0.05, 0.1) is 16.3 Å². The minimum atomic E-state index is -2.68. The number of hydrogen-bond donors (Lipinski definition) is 2. The molecule has 0 radical (unpaired) electrons. The number of nitriles is 1. The first-order chi connectivity index (χ1) is 12.9. The average Bonchev–Trinajstić information content (AvgIpc) is 3.06. The van der Waals surface area contributed by atoms with Gasteiger partial charge in [0.15, 0.2) is 11.8 Å². The molecule has 140 valence electrons. The number of aryl methyl sites for hydroxylation is 1. The third-order valence-corrected chi connectivity index (χ3v) is 5.14. The van der Waals surface area contributed by atoms with Gasteiger partial charge in [-0.05, 0) is 42.8 Å². The molecule has 1 heterocycles. The van der Waals surface area contributed by atoms with Gasteiger partial charge in [-0.1, -0.05) is 6.07 Å². The van der Waals surface area contributed by atoms with Crippen LogP contribution in [0.3, 0.4) is 0 Å². The predicted molar refractivity (Wildman–Crippen MR) is 103 cm³/mol. The van der Waals surface area contributed by atoms with Crippen molar-refractivity contribution in [2.75, 3.05) is 5.32 Å². The largest absolute Gasteiger partial charge is 1.00 e. The van der Waals surface area contributed by atoms with Crippen molar-refractivity contribution in [3.05, 3.63) is 42.0 Å². The molecule has 0 aliphatic rings. The normalized spacial score (nSPS) is 12.5. The molecule has 1 amide bonds. The number of carbonyl (C=O) groups is 1. The van der Waals surface area contributed by atoms with E-state index < -0.39 is 23.3 Å². The molecule has 0 saturated carbocycles. The quantitative estimate of drug-likeness (QED) is 0.395. The predicted octanol–water partition coefficient (Wildman–Crippen LogP) is -0.649. The number of fused-ring (bicyclic) bond motifs is 1. The van der Waals surface area contributed by atoms with Gasteiger partial charge in [0.2, 0.25) is 0 Å². The minimum Gasteiger partial charge on any atom is -1.00 e. The number of hydrogen-bond acceptors (Lipinski definition) is 8. The molecule has 0 spiro atoms. The summed E-state index contributed by atoms with van der Waals surface area (Å²) in [6.45, 7) is 1.76. The van der Waals surface area contributed by atoms with E-state index in [-0.39, 0.29) is 36.7 Å². The maximum absolute atomic E-state index is 11.1. The number of primary amides is 1. The molecule has 0 aliphatic heterocycles. The number of nitrogens with two attached hydrogens (primary N) is 1. The van der Waals surface area contributed by atoms with E-state index in [2.05, 4.69) is 10.3 Å². The Bertz CT molecular complexity index is 1090. The molecule has 28 heavy (non-hydrogen) atoms. The molecule has 0 aliphatic carbocycles. The molecule has 8 nitrogen and oxygen atoms in total. The molecule has 0 bridgehead atoms. The monoisotopic (exact) mass is 425 g/mol. The van der Waals surface area contributed by atoms with Gasteiger partial charge in [0.25, 0.3) is 5.91 Å². The number of carbonyl (C=O) groups excluding carboxylic acids is 1. The molecular formula is C17H14N4NaO4S2-. The average molecular weight is 425 g/mol. The van der Waals surface area contributed by atoms with E-state index in [1.54, 1.807) is 49.4 Å². The number of rotatable bonds is 6. The van der Waals surface area contributed by atoms with Gasteiger partial charge in [-0.15, -0.1) is 11.3 Å². The second kappa shape index (κ2) is 9.47. The SMILES string of the molecule is Cc1ccc2nc(-c3ccc(NC(C#N)C(N)=O)cc3)sc2c1OS(=O)[O-].[H-].[Na+]. The second-order valence-corrected chi connectivity index (χ2v) is 7.13. The van der Waals surface area contributed by atoms with Crippen LogP contribution in [0.25, 0.3) is 20.8 Å². The summed E-state index contributed by atoms with van der Waals surface area (Å²) in [4.78, 5) is 15.6. The molecule has 0 fully saturated rings. The van der Waals surface area contributed by atoms with Gasteiger partial charge in [-0.3, -0.25) is 4.79 Å². The van der Waals surface area contributed by atoms with Crippen LogP contribution < -0.4 is 44.8 Å². The number of benzene rings is 2. The van der Waals surface area contributed by atoms with Crippen molar-refractivity contribution in [2.24, 2.45) is 5.73 Å². The van der Waals surface area contributed by atoms with Gasteiger partial charge >= 0.3 is 29.6 Å². The van der Waals surface area contributed by atoms with Gasteiger partial charge in [0.1, 0.15) is 16.4 Å². The zero-order valence-electron chi connectivity index (χ0n) is 16.0. The summed E-state index contributed by atoms with van der Waals surface area (Å²) in [5.41, 5.74) is 7.80. The number of nitrogens with one attached hydrogen (secondary N) is 1. The molecule has 2 aromatic carbocycles. The summed E-state index contributed by atoms with van der Waals surface area (Å²) in [7, 11) is 0. The molecule has 1 aromatic heterocycles. The van der Waals surface area contributed by atoms with Crippen LogP contribution in [0, 0.1) is 18.3 Å². The van der Waals surface area contributed by atoms with Crippen LogP contribution in [-0.2, 0) is 16.2 Å². The molecule has 2 atom stereocenters.